The van der Waals surface area contributed by atoms with Gasteiger partial charge in [-0.25, -0.2) is 4.98 Å². The zero-order valence-corrected chi connectivity index (χ0v) is 20.1. The number of hydrogen-bond donors (Lipinski definition) is 1. The number of carbonyl (C=O) groups is 2. The Morgan fingerprint density at radius 1 is 1.14 bits per heavy atom. The van der Waals surface area contributed by atoms with Crippen LogP contribution in [0.15, 0.2) is 72.3 Å². The highest BCUT2D eigenvalue weighted by molar-refractivity contribution is 7.22. The van der Waals surface area contributed by atoms with Crippen molar-refractivity contribution in [3.05, 3.63) is 98.6 Å². The number of aliphatic hydroxyl groups is 1. The monoisotopic (exact) mass is 521 g/mol. The number of halogens is 1. The Labute approximate surface area is 213 Å². The van der Waals surface area contributed by atoms with Gasteiger partial charge in [-0.2, -0.15) is 0 Å². The normalized spacial score (nSPS) is 17.1. The van der Waals surface area contributed by atoms with Gasteiger partial charge in [0.2, 0.25) is 0 Å². The fraction of sp³-hybridized carbons (Fsp3) is 0.0800. The van der Waals surface area contributed by atoms with Gasteiger partial charge < -0.3 is 9.84 Å². The van der Waals surface area contributed by atoms with Crippen molar-refractivity contribution in [2.75, 3.05) is 12.0 Å². The lowest BCUT2D eigenvalue weighted by molar-refractivity contribution is -0.384. The number of nitrogens with zero attached hydrogens (tertiary/aromatic N) is 3. The second-order valence-electron chi connectivity index (χ2n) is 7.86. The van der Waals surface area contributed by atoms with E-state index >= 15 is 0 Å². The van der Waals surface area contributed by atoms with E-state index in [9.17, 15) is 24.8 Å². The molecule has 1 fully saturated rings. The minimum absolute atomic E-state index is 0.201. The summed E-state index contributed by atoms with van der Waals surface area (Å²) in [5.74, 6) is -1.67. The predicted molar refractivity (Wildman–Crippen MR) is 136 cm³/mol. The number of carbonyl (C=O) groups excluding carboxylic acids is 2. The topological polar surface area (TPSA) is 123 Å². The molecule has 11 heteroatoms. The molecule has 1 saturated heterocycles. The van der Waals surface area contributed by atoms with E-state index in [0.717, 1.165) is 11.3 Å². The Bertz CT molecular complexity index is 1580. The molecule has 9 nitrogen and oxygen atoms in total. The number of methoxy groups -OCH3 is 1. The number of anilines is 1. The summed E-state index contributed by atoms with van der Waals surface area (Å²) in [6.45, 7) is 0. The molecule has 1 N–H and O–H groups in total. The summed E-state index contributed by atoms with van der Waals surface area (Å²) in [6.07, 6.45) is 0. The number of thiazole rings is 1. The van der Waals surface area contributed by atoms with Gasteiger partial charge in [0.15, 0.2) is 5.13 Å². The van der Waals surface area contributed by atoms with Crippen LogP contribution in [0.4, 0.5) is 10.8 Å². The SMILES string of the molecule is COc1ccc2nc(N3C(=O)C(=O)/C(=C(/O)c4ccc(Cl)cc4)[C@@H]3c3cccc([N+](=O)[O-])c3)sc2c1. The summed E-state index contributed by atoms with van der Waals surface area (Å²) in [4.78, 5) is 43.2. The maximum absolute atomic E-state index is 13.3. The van der Waals surface area contributed by atoms with Crippen molar-refractivity contribution in [1.29, 1.82) is 0 Å². The molecule has 1 aliphatic rings. The van der Waals surface area contributed by atoms with Crippen molar-refractivity contribution in [2.45, 2.75) is 6.04 Å². The number of Topliss-reactive ketones (excluding diaryl/α,β-unsaturated/α-hetero) is 1. The van der Waals surface area contributed by atoms with Crippen LogP contribution in [0.2, 0.25) is 5.02 Å². The first-order chi connectivity index (χ1) is 17.3. The quantitative estimate of drug-likeness (QED) is 0.121. The summed E-state index contributed by atoms with van der Waals surface area (Å²) in [7, 11) is 1.53. The first kappa shape index (κ1) is 23.5. The molecule has 1 aromatic heterocycles. The van der Waals surface area contributed by atoms with Crippen LogP contribution in [0.25, 0.3) is 16.0 Å². The van der Waals surface area contributed by atoms with Crippen LogP contribution >= 0.6 is 22.9 Å². The Morgan fingerprint density at radius 3 is 2.58 bits per heavy atom. The summed E-state index contributed by atoms with van der Waals surface area (Å²) < 4.78 is 5.97. The highest BCUT2D eigenvalue weighted by atomic mass is 35.5. The Balaban J connectivity index is 1.74. The maximum atomic E-state index is 13.3. The minimum atomic E-state index is -1.15. The number of ether oxygens (including phenoxy) is 1. The minimum Gasteiger partial charge on any atom is -0.507 e. The Hall–Kier alpha value is -4.28. The molecule has 5 rings (SSSR count). The summed E-state index contributed by atoms with van der Waals surface area (Å²) in [5.41, 5.74) is 0.684. The number of fused-ring (bicyclic) bond motifs is 1. The molecule has 1 atom stereocenters. The summed E-state index contributed by atoms with van der Waals surface area (Å²) >= 11 is 7.11. The van der Waals surface area contributed by atoms with Crippen molar-refractivity contribution < 1.29 is 24.4 Å². The van der Waals surface area contributed by atoms with Gasteiger partial charge in [0.1, 0.15) is 11.5 Å². The standard InChI is InChI=1S/C25H16ClN3O6S/c1-35-17-9-10-18-19(12-17)36-25(27-18)28-21(14-3-2-4-16(11-14)29(33)34)20(23(31)24(28)32)22(30)13-5-7-15(26)8-6-13/h2-12,21,30H,1H3/b22-20+/t21-/m0/s1. The van der Waals surface area contributed by atoms with Crippen molar-refractivity contribution in [1.82, 2.24) is 4.98 Å². The van der Waals surface area contributed by atoms with Gasteiger partial charge >= 0.3 is 5.91 Å². The van der Waals surface area contributed by atoms with E-state index in [2.05, 4.69) is 4.98 Å². The van der Waals surface area contributed by atoms with E-state index in [4.69, 9.17) is 16.3 Å². The average molecular weight is 522 g/mol. The lowest BCUT2D eigenvalue weighted by Gasteiger charge is -2.22. The second kappa shape index (κ2) is 9.06. The smallest absolute Gasteiger partial charge is 0.301 e. The molecular weight excluding hydrogens is 506 g/mol. The second-order valence-corrected chi connectivity index (χ2v) is 9.30. The number of rotatable bonds is 5. The number of aliphatic hydroxyl groups excluding tert-OH is 1. The van der Waals surface area contributed by atoms with Gasteiger partial charge in [-0.3, -0.25) is 24.6 Å². The molecule has 0 aliphatic carbocycles. The number of nitro benzene ring substituents is 1. The number of amides is 1. The molecule has 2 heterocycles. The molecule has 0 radical (unpaired) electrons. The number of hydrogen-bond acceptors (Lipinski definition) is 8. The van der Waals surface area contributed by atoms with E-state index < -0.39 is 28.4 Å². The number of benzene rings is 3. The molecule has 0 spiro atoms. The van der Waals surface area contributed by atoms with Gasteiger partial charge in [-0.05, 0) is 48.0 Å². The molecule has 1 aliphatic heterocycles. The number of aromatic nitrogens is 1. The van der Waals surface area contributed by atoms with E-state index in [0.29, 0.717) is 21.0 Å². The largest absolute Gasteiger partial charge is 0.507 e. The number of nitro groups is 1. The van der Waals surface area contributed by atoms with Gasteiger partial charge in [-0.15, -0.1) is 0 Å². The van der Waals surface area contributed by atoms with E-state index in [1.165, 1.54) is 54.5 Å². The lowest BCUT2D eigenvalue weighted by Crippen LogP contribution is -2.29. The third kappa shape index (κ3) is 3.96. The molecule has 0 saturated carbocycles. The first-order valence-corrected chi connectivity index (χ1v) is 11.7. The van der Waals surface area contributed by atoms with Crippen LogP contribution in [0, 0.1) is 10.1 Å². The van der Waals surface area contributed by atoms with Gasteiger partial charge in [0.05, 0.1) is 33.9 Å². The van der Waals surface area contributed by atoms with Crippen molar-refractivity contribution in [3.63, 3.8) is 0 Å². The lowest BCUT2D eigenvalue weighted by atomic mass is 9.95. The zero-order chi connectivity index (χ0) is 25.6. The van der Waals surface area contributed by atoms with Crippen LogP contribution in [0.5, 0.6) is 5.75 Å². The predicted octanol–water partition coefficient (Wildman–Crippen LogP) is 5.49. The van der Waals surface area contributed by atoms with Crippen LogP contribution < -0.4 is 9.64 Å². The van der Waals surface area contributed by atoms with Crippen molar-refractivity contribution >= 4 is 61.4 Å². The molecule has 0 bridgehead atoms. The fourth-order valence-electron chi connectivity index (χ4n) is 4.04. The molecule has 180 valence electrons. The molecular formula is C25H16ClN3O6S. The van der Waals surface area contributed by atoms with E-state index in [1.54, 1.807) is 24.3 Å². The number of non-ortho nitro benzene ring substituents is 1. The molecule has 1 amide bonds. The van der Waals surface area contributed by atoms with Crippen LogP contribution in [-0.4, -0.2) is 33.8 Å². The molecule has 4 aromatic rings. The highest BCUT2D eigenvalue weighted by Gasteiger charge is 2.48. The van der Waals surface area contributed by atoms with Crippen LogP contribution in [0.3, 0.4) is 0 Å². The van der Waals surface area contributed by atoms with Crippen molar-refractivity contribution in [3.8, 4) is 5.75 Å². The Morgan fingerprint density at radius 2 is 1.89 bits per heavy atom. The average Bonchev–Trinajstić information content (AvgIpc) is 3.41. The zero-order valence-electron chi connectivity index (χ0n) is 18.5. The molecule has 36 heavy (non-hydrogen) atoms. The maximum Gasteiger partial charge on any atom is 0.301 e. The summed E-state index contributed by atoms with van der Waals surface area (Å²) in [6, 6.07) is 15.7. The molecule has 3 aromatic carbocycles. The third-order valence-electron chi connectivity index (χ3n) is 5.75. The van der Waals surface area contributed by atoms with Crippen LogP contribution in [-0.2, 0) is 9.59 Å². The summed E-state index contributed by atoms with van der Waals surface area (Å²) in [5, 5.41) is 23.2. The fourth-order valence-corrected chi connectivity index (χ4v) is 5.19. The van der Waals surface area contributed by atoms with Gasteiger partial charge in [0.25, 0.3) is 11.5 Å². The highest BCUT2D eigenvalue weighted by Crippen LogP contribution is 2.45. The van der Waals surface area contributed by atoms with E-state index in [1.807, 2.05) is 0 Å². The Kier molecular flexibility index (Phi) is 5.91. The third-order valence-corrected chi connectivity index (χ3v) is 7.02. The first-order valence-electron chi connectivity index (χ1n) is 10.5. The van der Waals surface area contributed by atoms with Gasteiger partial charge in [0, 0.05) is 22.7 Å². The van der Waals surface area contributed by atoms with Crippen molar-refractivity contribution in [2.24, 2.45) is 0 Å². The molecule has 0 unspecified atom stereocenters. The van der Waals surface area contributed by atoms with Gasteiger partial charge in [-0.1, -0.05) is 35.1 Å². The van der Waals surface area contributed by atoms with E-state index in [-0.39, 0.29) is 27.5 Å². The van der Waals surface area contributed by atoms with Crippen LogP contribution in [0.1, 0.15) is 17.2 Å². The number of ketones is 1.